The van der Waals surface area contributed by atoms with Crippen LogP contribution in [0.1, 0.15) is 19.2 Å². The van der Waals surface area contributed by atoms with E-state index in [1.807, 2.05) is 6.92 Å². The van der Waals surface area contributed by atoms with Gasteiger partial charge in [0.15, 0.2) is 10.9 Å². The molecule has 19 heavy (non-hydrogen) atoms. The van der Waals surface area contributed by atoms with Crippen LogP contribution >= 0.6 is 0 Å². The molecule has 1 rings (SSSR count). The van der Waals surface area contributed by atoms with Gasteiger partial charge in [-0.1, -0.05) is 12.1 Å². The van der Waals surface area contributed by atoms with E-state index in [1.54, 1.807) is 11.5 Å². The molecular formula is C10H19N5O3S. The van der Waals surface area contributed by atoms with Crippen LogP contribution in [-0.4, -0.2) is 46.9 Å². The molecule has 3 N–H and O–H groups in total. The normalized spacial score (nSPS) is 13.2. The van der Waals surface area contributed by atoms with Crippen molar-refractivity contribution >= 4 is 15.9 Å². The quantitative estimate of drug-likeness (QED) is 0.330. The lowest BCUT2D eigenvalue weighted by Gasteiger charge is -2.14. The minimum atomic E-state index is -3.73. The molecule has 0 aliphatic carbocycles. The van der Waals surface area contributed by atoms with Gasteiger partial charge in [0.05, 0.1) is 6.54 Å². The lowest BCUT2D eigenvalue weighted by Crippen LogP contribution is -2.35. The summed E-state index contributed by atoms with van der Waals surface area (Å²) in [6.45, 7) is 4.26. The molecule has 1 heterocycles. The summed E-state index contributed by atoms with van der Waals surface area (Å²) in [5.41, 5.74) is 5.30. The number of oxime groups is 1. The minimum absolute atomic E-state index is 0.0355. The summed E-state index contributed by atoms with van der Waals surface area (Å²) in [7, 11) is -2.39. The Bertz CT molecular complexity index is 564. The number of amidine groups is 1. The van der Waals surface area contributed by atoms with E-state index in [0.717, 1.165) is 10.7 Å². The highest BCUT2D eigenvalue weighted by Gasteiger charge is 2.25. The maximum absolute atomic E-state index is 12.2. The maximum Gasteiger partial charge on any atom is 0.262 e. The van der Waals surface area contributed by atoms with Gasteiger partial charge in [0.1, 0.15) is 5.82 Å². The second-order valence-corrected chi connectivity index (χ2v) is 6.16. The van der Waals surface area contributed by atoms with Crippen LogP contribution in [-0.2, 0) is 16.6 Å². The summed E-state index contributed by atoms with van der Waals surface area (Å²) in [6.07, 6.45) is 2.38. The van der Waals surface area contributed by atoms with Crippen molar-refractivity contribution in [1.82, 2.24) is 13.9 Å². The van der Waals surface area contributed by atoms with Crippen LogP contribution in [0.4, 0.5) is 0 Å². The van der Waals surface area contributed by atoms with E-state index < -0.39 is 10.0 Å². The van der Waals surface area contributed by atoms with Crippen LogP contribution in [0, 0.1) is 6.92 Å². The molecule has 0 radical (unpaired) electrons. The average molecular weight is 289 g/mol. The first-order chi connectivity index (χ1) is 8.82. The van der Waals surface area contributed by atoms with Gasteiger partial charge in [0.2, 0.25) is 0 Å². The zero-order valence-corrected chi connectivity index (χ0v) is 12.1. The molecule has 1 aromatic rings. The van der Waals surface area contributed by atoms with Crippen LogP contribution < -0.4 is 5.73 Å². The molecule has 0 fully saturated rings. The molecule has 8 nitrogen and oxygen atoms in total. The topological polar surface area (TPSA) is 114 Å². The summed E-state index contributed by atoms with van der Waals surface area (Å²) < 4.78 is 27.2. The van der Waals surface area contributed by atoms with Crippen LogP contribution in [0.5, 0.6) is 0 Å². The molecule has 0 saturated carbocycles. The highest BCUT2D eigenvalue weighted by atomic mass is 32.2. The van der Waals surface area contributed by atoms with Crippen molar-refractivity contribution in [2.45, 2.75) is 31.8 Å². The Morgan fingerprint density at radius 1 is 1.63 bits per heavy atom. The highest BCUT2D eigenvalue weighted by molar-refractivity contribution is 7.89. The smallest absolute Gasteiger partial charge is 0.262 e. The number of hydrogen-bond donors (Lipinski definition) is 2. The fourth-order valence-corrected chi connectivity index (χ4v) is 2.70. The summed E-state index contributed by atoms with van der Waals surface area (Å²) >= 11 is 0. The fraction of sp³-hybridized carbons (Fsp3) is 0.600. The Labute approximate surface area is 112 Å². The van der Waals surface area contributed by atoms with E-state index in [2.05, 4.69) is 10.1 Å². The van der Waals surface area contributed by atoms with E-state index in [9.17, 15) is 8.42 Å². The summed E-state index contributed by atoms with van der Waals surface area (Å²) in [5, 5.41) is 11.2. The Morgan fingerprint density at radius 2 is 2.26 bits per heavy atom. The lowest BCUT2D eigenvalue weighted by atomic mass is 10.5. The molecule has 0 saturated heterocycles. The van der Waals surface area contributed by atoms with Crippen molar-refractivity contribution in [2.75, 3.05) is 13.6 Å². The third-order valence-electron chi connectivity index (χ3n) is 2.61. The molecule has 0 aromatic carbocycles. The second kappa shape index (κ2) is 6.02. The first-order valence-corrected chi connectivity index (χ1v) is 7.23. The van der Waals surface area contributed by atoms with Gasteiger partial charge in [-0.15, -0.1) is 0 Å². The SMILES string of the molecule is CCCn1cc(S(=O)(=O)N(C)CC(N)=NO)nc1C. The molecular weight excluding hydrogens is 270 g/mol. The molecule has 108 valence electrons. The Morgan fingerprint density at radius 3 is 2.79 bits per heavy atom. The van der Waals surface area contributed by atoms with Gasteiger partial charge < -0.3 is 15.5 Å². The van der Waals surface area contributed by atoms with E-state index >= 15 is 0 Å². The number of sulfonamides is 1. The van der Waals surface area contributed by atoms with Crippen molar-refractivity contribution < 1.29 is 13.6 Å². The lowest BCUT2D eigenvalue weighted by molar-refractivity contribution is 0.315. The van der Waals surface area contributed by atoms with Gasteiger partial charge in [-0.3, -0.25) is 0 Å². The second-order valence-electron chi connectivity index (χ2n) is 4.17. The number of aryl methyl sites for hydroxylation is 2. The third-order valence-corrected chi connectivity index (χ3v) is 4.28. The zero-order chi connectivity index (χ0) is 14.6. The molecule has 0 bridgehead atoms. The maximum atomic E-state index is 12.2. The molecule has 0 spiro atoms. The van der Waals surface area contributed by atoms with Crippen molar-refractivity contribution in [3.63, 3.8) is 0 Å². The molecule has 0 aliphatic rings. The Hall–Kier alpha value is -1.61. The Balaban J connectivity index is 3.03. The number of aromatic nitrogens is 2. The van der Waals surface area contributed by atoms with Crippen LogP contribution in [0.2, 0.25) is 0 Å². The first kappa shape index (κ1) is 15.4. The number of nitrogens with two attached hydrogens (primary N) is 1. The summed E-state index contributed by atoms with van der Waals surface area (Å²) in [5.74, 6) is 0.452. The Kier molecular flexibility index (Phi) is 4.90. The predicted molar refractivity (Wildman–Crippen MR) is 70.5 cm³/mol. The predicted octanol–water partition coefficient (Wildman–Crippen LogP) is -0.0316. The molecule has 0 amide bonds. The van der Waals surface area contributed by atoms with Gasteiger partial charge in [0.25, 0.3) is 10.0 Å². The standard InChI is InChI=1S/C10H19N5O3S/c1-4-5-15-7-10(12-8(15)2)19(17,18)14(3)6-9(11)13-16/h7,16H,4-6H2,1-3H3,(H2,11,13). The van der Waals surface area contributed by atoms with Crippen molar-refractivity contribution in [2.24, 2.45) is 10.9 Å². The van der Waals surface area contributed by atoms with Gasteiger partial charge in [0, 0.05) is 19.8 Å². The van der Waals surface area contributed by atoms with Crippen molar-refractivity contribution in [3.05, 3.63) is 12.0 Å². The molecule has 0 aliphatic heterocycles. The molecule has 0 atom stereocenters. The fourth-order valence-electron chi connectivity index (χ4n) is 1.58. The highest BCUT2D eigenvalue weighted by Crippen LogP contribution is 2.14. The number of imidazole rings is 1. The van der Waals surface area contributed by atoms with Gasteiger partial charge in [-0.25, -0.2) is 13.4 Å². The number of rotatable bonds is 6. The number of nitrogens with zero attached hydrogens (tertiary/aromatic N) is 4. The van der Waals surface area contributed by atoms with Gasteiger partial charge >= 0.3 is 0 Å². The van der Waals surface area contributed by atoms with Crippen LogP contribution in [0.3, 0.4) is 0 Å². The van der Waals surface area contributed by atoms with Crippen LogP contribution in [0.25, 0.3) is 0 Å². The first-order valence-electron chi connectivity index (χ1n) is 5.79. The summed E-state index contributed by atoms with van der Waals surface area (Å²) in [6, 6.07) is 0. The van der Waals surface area contributed by atoms with Crippen LogP contribution in [0.15, 0.2) is 16.4 Å². The van der Waals surface area contributed by atoms with Gasteiger partial charge in [-0.2, -0.15) is 4.31 Å². The van der Waals surface area contributed by atoms with E-state index in [1.165, 1.54) is 13.2 Å². The monoisotopic (exact) mass is 289 g/mol. The van der Waals surface area contributed by atoms with Crippen molar-refractivity contribution in [3.8, 4) is 0 Å². The van der Waals surface area contributed by atoms with E-state index in [4.69, 9.17) is 10.9 Å². The average Bonchev–Trinajstić information content (AvgIpc) is 2.72. The largest absolute Gasteiger partial charge is 0.409 e. The third kappa shape index (κ3) is 3.44. The van der Waals surface area contributed by atoms with E-state index in [0.29, 0.717) is 12.4 Å². The molecule has 9 heteroatoms. The van der Waals surface area contributed by atoms with Crippen molar-refractivity contribution in [1.29, 1.82) is 0 Å². The van der Waals surface area contributed by atoms with E-state index in [-0.39, 0.29) is 17.4 Å². The number of likely N-dealkylation sites (N-methyl/N-ethyl adjacent to an activating group) is 1. The minimum Gasteiger partial charge on any atom is -0.409 e. The van der Waals surface area contributed by atoms with Gasteiger partial charge in [-0.05, 0) is 13.3 Å². The zero-order valence-electron chi connectivity index (χ0n) is 11.2. The number of hydrogen-bond acceptors (Lipinski definition) is 5. The molecule has 1 aromatic heterocycles. The molecule has 0 unspecified atom stereocenters. The summed E-state index contributed by atoms with van der Waals surface area (Å²) in [4.78, 5) is 4.05.